The molecule has 34 valence electrons. The molecule has 0 spiro atoms. The molecule has 2 radical (unpaired) electrons. The summed E-state index contributed by atoms with van der Waals surface area (Å²) in [6.45, 7) is 2.23. The van der Waals surface area contributed by atoms with E-state index in [0.717, 1.165) is 13.1 Å². The molecule has 0 atom stereocenters. The highest BCUT2D eigenvalue weighted by Crippen LogP contribution is 1.64. The van der Waals surface area contributed by atoms with Crippen molar-refractivity contribution in [1.82, 2.24) is 5.32 Å². The molecule has 0 aliphatic heterocycles. The Bertz CT molecular complexity index is 91.1. The van der Waals surface area contributed by atoms with E-state index >= 15 is 0 Å². The monoisotopic (exact) mass is 93.0 g/mol. The van der Waals surface area contributed by atoms with Crippen LogP contribution in [0.3, 0.4) is 0 Å². The van der Waals surface area contributed by atoms with Crippen molar-refractivity contribution in [2.24, 2.45) is 0 Å². The van der Waals surface area contributed by atoms with Gasteiger partial charge in [-0.15, -0.1) is 0 Å². The Morgan fingerprint density at radius 3 is 1.86 bits per heavy atom. The molecule has 1 N–H and O–H groups in total. The molecular weight excluding hydrogens is 90.1 g/mol. The molecule has 0 rings (SSSR count). The van der Waals surface area contributed by atoms with Gasteiger partial charge in [0.1, 0.15) is 13.1 Å². The standard InChI is InChI=1S/C4H3N3/c5-1-3-7-4-2-6/h3-4,7H. The number of nitrogens with zero attached hydrogens (tertiary/aromatic N) is 2. The average molecular weight is 93.1 g/mol. The van der Waals surface area contributed by atoms with Gasteiger partial charge in [0.15, 0.2) is 0 Å². The zero-order valence-corrected chi connectivity index (χ0v) is 3.55. The maximum Gasteiger partial charge on any atom is 0.125 e. The second-order valence-electron chi connectivity index (χ2n) is 0.714. The summed E-state index contributed by atoms with van der Waals surface area (Å²) in [5, 5.41) is 17.9. The first-order valence-electron chi connectivity index (χ1n) is 1.60. The van der Waals surface area contributed by atoms with Gasteiger partial charge in [0.05, 0.1) is 12.1 Å². The van der Waals surface area contributed by atoms with Crippen LogP contribution < -0.4 is 5.32 Å². The van der Waals surface area contributed by atoms with E-state index in [4.69, 9.17) is 10.5 Å². The Hall–Kier alpha value is -1.06. The van der Waals surface area contributed by atoms with Crippen LogP contribution in [0, 0.1) is 35.8 Å². The fraction of sp³-hybridized carbons (Fsp3) is 0. The number of nitriles is 2. The van der Waals surface area contributed by atoms with Crippen LogP contribution in [0.4, 0.5) is 0 Å². The number of hydrogen-bond donors (Lipinski definition) is 1. The van der Waals surface area contributed by atoms with E-state index in [0.29, 0.717) is 0 Å². The first-order valence-corrected chi connectivity index (χ1v) is 1.60. The minimum atomic E-state index is 1.11. The number of rotatable bonds is 2. The third kappa shape index (κ3) is 4.94. The minimum absolute atomic E-state index is 1.11. The lowest BCUT2D eigenvalue weighted by Crippen LogP contribution is -2.00. The Morgan fingerprint density at radius 1 is 1.14 bits per heavy atom. The lowest BCUT2D eigenvalue weighted by atomic mass is 10.6. The van der Waals surface area contributed by atoms with Crippen LogP contribution >= 0.6 is 0 Å². The zero-order valence-electron chi connectivity index (χ0n) is 3.55. The quantitative estimate of drug-likeness (QED) is 0.487. The predicted molar refractivity (Wildman–Crippen MR) is 23.0 cm³/mol. The van der Waals surface area contributed by atoms with Crippen molar-refractivity contribution in [3.8, 4) is 12.1 Å². The van der Waals surface area contributed by atoms with E-state index in [1.165, 1.54) is 0 Å². The van der Waals surface area contributed by atoms with Gasteiger partial charge in [-0.2, -0.15) is 10.5 Å². The van der Waals surface area contributed by atoms with Crippen LogP contribution in [0.15, 0.2) is 0 Å². The van der Waals surface area contributed by atoms with Crippen molar-refractivity contribution in [3.05, 3.63) is 13.1 Å². The largest absolute Gasteiger partial charge is 0.282 e. The molecule has 0 bridgehead atoms. The van der Waals surface area contributed by atoms with Crippen molar-refractivity contribution in [2.45, 2.75) is 0 Å². The van der Waals surface area contributed by atoms with Gasteiger partial charge in [-0.25, -0.2) is 0 Å². The lowest BCUT2D eigenvalue weighted by Gasteiger charge is -1.79. The van der Waals surface area contributed by atoms with Crippen LogP contribution in [0.25, 0.3) is 0 Å². The molecule has 0 saturated carbocycles. The van der Waals surface area contributed by atoms with Gasteiger partial charge in [-0.1, -0.05) is 0 Å². The number of hydrogen-bond acceptors (Lipinski definition) is 3. The molecule has 0 fully saturated rings. The van der Waals surface area contributed by atoms with Crippen molar-refractivity contribution in [1.29, 1.82) is 10.5 Å². The molecule has 0 heterocycles. The second-order valence-corrected chi connectivity index (χ2v) is 0.714. The van der Waals surface area contributed by atoms with Gasteiger partial charge in [0.25, 0.3) is 0 Å². The molecule has 0 amide bonds. The van der Waals surface area contributed by atoms with Gasteiger partial charge in [0, 0.05) is 0 Å². The lowest BCUT2D eigenvalue weighted by molar-refractivity contribution is 1.05. The van der Waals surface area contributed by atoms with Crippen molar-refractivity contribution < 1.29 is 0 Å². The van der Waals surface area contributed by atoms with Gasteiger partial charge in [0.2, 0.25) is 0 Å². The van der Waals surface area contributed by atoms with Crippen LogP contribution in [-0.2, 0) is 0 Å². The van der Waals surface area contributed by atoms with Crippen LogP contribution in [0.1, 0.15) is 0 Å². The SMILES string of the molecule is N#C[CH]N[CH]C#N. The minimum Gasteiger partial charge on any atom is -0.282 e. The molecule has 0 saturated heterocycles. The number of nitrogens with one attached hydrogen (secondary N) is 1. The predicted octanol–water partition coefficient (Wildman–Crippen LogP) is -0.0533. The molecule has 3 heteroatoms. The van der Waals surface area contributed by atoms with Crippen molar-refractivity contribution in [2.75, 3.05) is 0 Å². The van der Waals surface area contributed by atoms with Crippen molar-refractivity contribution in [3.63, 3.8) is 0 Å². The summed E-state index contributed by atoms with van der Waals surface area (Å²) in [6, 6.07) is 3.37. The molecule has 7 heavy (non-hydrogen) atoms. The highest BCUT2D eigenvalue weighted by Gasteiger charge is 1.77. The average Bonchev–Trinajstić information content (AvgIpc) is 1.69. The summed E-state index contributed by atoms with van der Waals surface area (Å²) in [7, 11) is 0. The van der Waals surface area contributed by atoms with Gasteiger partial charge in [-0.3, -0.25) is 5.32 Å². The van der Waals surface area contributed by atoms with Crippen LogP contribution in [-0.4, -0.2) is 0 Å². The summed E-state index contributed by atoms with van der Waals surface area (Å²) in [4.78, 5) is 0. The Labute approximate surface area is 42.2 Å². The molecule has 3 nitrogen and oxygen atoms in total. The van der Waals surface area contributed by atoms with E-state index in [2.05, 4.69) is 5.32 Å². The normalized spacial score (nSPS) is 6.57. The molecule has 0 aromatic carbocycles. The Balaban J connectivity index is 2.77. The van der Waals surface area contributed by atoms with Gasteiger partial charge >= 0.3 is 0 Å². The molecule has 0 aliphatic carbocycles. The molecule has 0 aromatic rings. The van der Waals surface area contributed by atoms with Crippen LogP contribution in [0.5, 0.6) is 0 Å². The smallest absolute Gasteiger partial charge is 0.125 e. The molecular formula is C4H3N3. The van der Waals surface area contributed by atoms with Gasteiger partial charge < -0.3 is 0 Å². The van der Waals surface area contributed by atoms with E-state index in [1.54, 1.807) is 12.1 Å². The highest BCUT2D eigenvalue weighted by molar-refractivity contribution is 4.98. The Kier molecular flexibility index (Phi) is 4.19. The first kappa shape index (κ1) is 5.94. The maximum atomic E-state index is 7.80. The van der Waals surface area contributed by atoms with E-state index in [-0.39, 0.29) is 0 Å². The molecule has 0 unspecified atom stereocenters. The van der Waals surface area contributed by atoms with E-state index in [9.17, 15) is 0 Å². The summed E-state index contributed by atoms with van der Waals surface area (Å²) in [5.74, 6) is 0. The second kappa shape index (κ2) is 4.94. The molecule has 0 aliphatic rings. The first-order chi connectivity index (χ1) is 3.41. The highest BCUT2D eigenvalue weighted by atomic mass is 14.8. The van der Waals surface area contributed by atoms with Gasteiger partial charge in [-0.05, 0) is 0 Å². The summed E-state index contributed by atoms with van der Waals surface area (Å²) >= 11 is 0. The fourth-order valence-electron chi connectivity index (χ4n) is 0.116. The summed E-state index contributed by atoms with van der Waals surface area (Å²) < 4.78 is 0. The summed E-state index contributed by atoms with van der Waals surface area (Å²) in [5.41, 5.74) is 0. The van der Waals surface area contributed by atoms with E-state index in [1.807, 2.05) is 0 Å². The third-order valence-corrected chi connectivity index (χ3v) is 0.296. The summed E-state index contributed by atoms with van der Waals surface area (Å²) in [6.07, 6.45) is 0. The van der Waals surface area contributed by atoms with E-state index < -0.39 is 0 Å². The fourth-order valence-corrected chi connectivity index (χ4v) is 0.116. The Morgan fingerprint density at radius 2 is 1.57 bits per heavy atom. The molecule has 0 aromatic heterocycles. The third-order valence-electron chi connectivity index (χ3n) is 0.296. The maximum absolute atomic E-state index is 7.80. The topological polar surface area (TPSA) is 59.6 Å². The zero-order chi connectivity index (χ0) is 5.54. The van der Waals surface area contributed by atoms with Crippen LogP contribution in [0.2, 0.25) is 0 Å². The van der Waals surface area contributed by atoms with Crippen molar-refractivity contribution >= 4 is 0 Å².